The Bertz CT molecular complexity index is 381. The first-order valence-corrected chi connectivity index (χ1v) is 3.88. The van der Waals surface area contributed by atoms with Crippen LogP contribution in [0.3, 0.4) is 0 Å². The fourth-order valence-corrected chi connectivity index (χ4v) is 1.12. The van der Waals surface area contributed by atoms with Crippen LogP contribution in [0.1, 0.15) is 0 Å². The molecule has 0 aliphatic carbocycles. The van der Waals surface area contributed by atoms with E-state index < -0.39 is 0 Å². The Kier molecular flexibility index (Phi) is 2.00. The zero-order valence-electron chi connectivity index (χ0n) is 7.15. The summed E-state index contributed by atoms with van der Waals surface area (Å²) < 4.78 is 9.89. The fourth-order valence-electron chi connectivity index (χ4n) is 1.12. The van der Waals surface area contributed by atoms with Gasteiger partial charge in [0, 0.05) is 5.56 Å². The van der Waals surface area contributed by atoms with Gasteiger partial charge in [0.25, 0.3) is 6.39 Å². The molecule has 0 fully saturated rings. The zero-order valence-corrected chi connectivity index (χ0v) is 7.15. The van der Waals surface area contributed by atoms with Crippen LogP contribution in [0.25, 0.3) is 11.3 Å². The van der Waals surface area contributed by atoms with E-state index in [-0.39, 0.29) is 0 Å². The van der Waals surface area contributed by atoms with Crippen molar-refractivity contribution in [2.24, 2.45) is 0 Å². The third-order valence-corrected chi connectivity index (χ3v) is 1.72. The van der Waals surface area contributed by atoms with Crippen molar-refractivity contribution in [1.29, 1.82) is 0 Å². The minimum absolute atomic E-state index is 0.395. The van der Waals surface area contributed by atoms with Crippen molar-refractivity contribution >= 4 is 0 Å². The number of nitrogens with zero attached hydrogens (tertiary/aromatic N) is 1. The third kappa shape index (κ3) is 1.40. The summed E-state index contributed by atoms with van der Waals surface area (Å²) in [6, 6.07) is 9.69. The summed E-state index contributed by atoms with van der Waals surface area (Å²) in [5, 5.41) is 0. The van der Waals surface area contributed by atoms with Gasteiger partial charge in [-0.05, 0) is 0 Å². The monoisotopic (exact) mass is 174 g/mol. The Morgan fingerprint density at radius 1 is 1.31 bits per heavy atom. The van der Waals surface area contributed by atoms with Gasteiger partial charge in [-0.15, -0.1) is 0 Å². The average Bonchev–Trinajstić information content (AvgIpc) is 2.67. The van der Waals surface area contributed by atoms with Crippen molar-refractivity contribution in [3.05, 3.63) is 36.7 Å². The minimum atomic E-state index is 0.395. The van der Waals surface area contributed by atoms with Gasteiger partial charge in [-0.25, -0.2) is 4.98 Å². The van der Waals surface area contributed by atoms with Crippen LogP contribution in [-0.4, -0.2) is 12.1 Å². The van der Waals surface area contributed by atoms with Crippen LogP contribution in [0.2, 0.25) is 0 Å². The second kappa shape index (κ2) is 3.31. The molecule has 0 bridgehead atoms. The Morgan fingerprint density at radius 2 is 2.08 bits per heavy atom. The van der Waals surface area contributed by atoms with Crippen LogP contribution >= 0.6 is 0 Å². The summed E-state index contributed by atoms with van der Waals surface area (Å²) >= 11 is 0. The topological polar surface area (TPSA) is 35.3 Å². The van der Waals surface area contributed by atoms with Crippen LogP contribution in [0, 0.1) is 6.39 Å². The lowest BCUT2D eigenvalue weighted by atomic mass is 10.2. The molecule has 2 aromatic rings. The maximum Gasteiger partial charge on any atom is 0.313 e. The summed E-state index contributed by atoms with van der Waals surface area (Å²) in [5.74, 6) is 0.395. The lowest BCUT2D eigenvalue weighted by molar-refractivity contribution is 0.304. The molecule has 1 radical (unpaired) electrons. The summed E-state index contributed by atoms with van der Waals surface area (Å²) in [6.45, 7) is 0. The number of hydrogen-bond acceptors (Lipinski definition) is 3. The molecule has 0 N–H and O–H groups in total. The van der Waals surface area contributed by atoms with Crippen LogP contribution in [0.15, 0.2) is 34.7 Å². The van der Waals surface area contributed by atoms with E-state index >= 15 is 0 Å². The van der Waals surface area contributed by atoms with Gasteiger partial charge in [0.2, 0.25) is 0 Å². The standard InChI is InChI=1S/C10H8NO2/c1-12-10-9(11-7-13-10)8-5-3-2-4-6-8/h2-6H,1H3. The number of methoxy groups -OCH3 is 1. The third-order valence-electron chi connectivity index (χ3n) is 1.72. The molecular formula is C10H8NO2. The van der Waals surface area contributed by atoms with Gasteiger partial charge in [0.05, 0.1) is 7.11 Å². The molecule has 0 unspecified atom stereocenters. The molecule has 1 heterocycles. The van der Waals surface area contributed by atoms with E-state index in [2.05, 4.69) is 11.4 Å². The molecule has 0 aliphatic heterocycles. The predicted octanol–water partition coefficient (Wildman–Crippen LogP) is 2.15. The van der Waals surface area contributed by atoms with E-state index in [1.54, 1.807) is 7.11 Å². The van der Waals surface area contributed by atoms with Crippen molar-refractivity contribution in [2.45, 2.75) is 0 Å². The highest BCUT2D eigenvalue weighted by Crippen LogP contribution is 2.27. The van der Waals surface area contributed by atoms with Crippen LogP contribution in [0.4, 0.5) is 0 Å². The number of rotatable bonds is 2. The molecule has 3 heteroatoms. The molecule has 65 valence electrons. The Balaban J connectivity index is 2.47. The summed E-state index contributed by atoms with van der Waals surface area (Å²) in [6.07, 6.45) is 2.40. The lowest BCUT2D eigenvalue weighted by Crippen LogP contribution is -1.83. The smallest absolute Gasteiger partial charge is 0.313 e. The molecule has 0 atom stereocenters. The highest BCUT2D eigenvalue weighted by molar-refractivity contribution is 5.62. The van der Waals surface area contributed by atoms with Gasteiger partial charge in [-0.3, -0.25) is 0 Å². The number of aromatic nitrogens is 1. The SMILES string of the molecule is COc1o[c]nc1-c1ccccc1. The van der Waals surface area contributed by atoms with Crippen molar-refractivity contribution < 1.29 is 9.15 Å². The van der Waals surface area contributed by atoms with Crippen LogP contribution < -0.4 is 4.74 Å². The van der Waals surface area contributed by atoms with Crippen molar-refractivity contribution in [1.82, 2.24) is 4.98 Å². The van der Waals surface area contributed by atoms with Crippen molar-refractivity contribution in [3.8, 4) is 17.2 Å². The van der Waals surface area contributed by atoms with E-state index in [1.807, 2.05) is 30.3 Å². The minimum Gasteiger partial charge on any atom is -0.467 e. The highest BCUT2D eigenvalue weighted by Gasteiger charge is 2.09. The molecule has 13 heavy (non-hydrogen) atoms. The average molecular weight is 174 g/mol. The Hall–Kier alpha value is -1.77. The maximum absolute atomic E-state index is 4.98. The van der Waals surface area contributed by atoms with Crippen LogP contribution in [0.5, 0.6) is 5.95 Å². The molecule has 2 rings (SSSR count). The first kappa shape index (κ1) is 7.86. The van der Waals surface area contributed by atoms with Gasteiger partial charge in [-0.1, -0.05) is 30.3 Å². The fraction of sp³-hybridized carbons (Fsp3) is 0.100. The van der Waals surface area contributed by atoms with Gasteiger partial charge in [0.1, 0.15) is 0 Å². The summed E-state index contributed by atoms with van der Waals surface area (Å²) in [7, 11) is 1.54. The van der Waals surface area contributed by atoms with Gasteiger partial charge < -0.3 is 9.15 Å². The highest BCUT2D eigenvalue weighted by atomic mass is 16.6. The normalized spacial score (nSPS) is 9.92. The zero-order chi connectivity index (χ0) is 9.10. The van der Waals surface area contributed by atoms with E-state index in [0.717, 1.165) is 5.56 Å². The Labute approximate surface area is 76.0 Å². The van der Waals surface area contributed by atoms with E-state index in [9.17, 15) is 0 Å². The molecule has 0 aliphatic rings. The second-order valence-corrected chi connectivity index (χ2v) is 2.51. The summed E-state index contributed by atoms with van der Waals surface area (Å²) in [5.41, 5.74) is 1.65. The van der Waals surface area contributed by atoms with E-state index in [1.165, 1.54) is 0 Å². The van der Waals surface area contributed by atoms with Gasteiger partial charge >= 0.3 is 5.95 Å². The van der Waals surface area contributed by atoms with Gasteiger partial charge in [0.15, 0.2) is 5.69 Å². The van der Waals surface area contributed by atoms with Crippen LogP contribution in [-0.2, 0) is 0 Å². The largest absolute Gasteiger partial charge is 0.467 e. The number of oxazole rings is 1. The molecule has 0 spiro atoms. The first-order valence-electron chi connectivity index (χ1n) is 3.88. The van der Waals surface area contributed by atoms with Crippen molar-refractivity contribution in [2.75, 3.05) is 7.11 Å². The molecule has 1 aromatic heterocycles. The molecular weight excluding hydrogens is 166 g/mol. The lowest BCUT2D eigenvalue weighted by Gasteiger charge is -1.97. The Morgan fingerprint density at radius 3 is 2.77 bits per heavy atom. The molecule has 0 saturated heterocycles. The van der Waals surface area contributed by atoms with Crippen molar-refractivity contribution in [3.63, 3.8) is 0 Å². The first-order chi connectivity index (χ1) is 6.42. The molecule has 3 nitrogen and oxygen atoms in total. The second-order valence-electron chi connectivity index (χ2n) is 2.51. The quantitative estimate of drug-likeness (QED) is 0.699. The maximum atomic E-state index is 4.98. The van der Waals surface area contributed by atoms with Gasteiger partial charge in [-0.2, -0.15) is 0 Å². The molecule has 0 saturated carbocycles. The molecule has 1 aromatic carbocycles. The van der Waals surface area contributed by atoms with E-state index in [4.69, 9.17) is 9.15 Å². The number of benzene rings is 1. The predicted molar refractivity (Wildman–Crippen MR) is 47.3 cm³/mol. The number of ether oxygens (including phenoxy) is 1. The number of hydrogen-bond donors (Lipinski definition) is 0. The molecule has 0 amide bonds. The van der Waals surface area contributed by atoms with E-state index in [0.29, 0.717) is 11.6 Å². The summed E-state index contributed by atoms with van der Waals surface area (Å²) in [4.78, 5) is 3.94.